The molecule has 1 rings (SSSR count). The summed E-state index contributed by atoms with van der Waals surface area (Å²) in [4.78, 5) is 0. The molecule has 2 radical (unpaired) electrons. The molecule has 3 N–H and O–H groups in total. The van der Waals surface area contributed by atoms with Crippen LogP contribution in [0.15, 0.2) is 0 Å². The van der Waals surface area contributed by atoms with Crippen molar-refractivity contribution in [2.24, 2.45) is 0 Å². The van der Waals surface area contributed by atoms with E-state index < -0.39 is 23.1 Å². The van der Waals surface area contributed by atoms with E-state index in [9.17, 15) is 4.39 Å². The van der Waals surface area contributed by atoms with Crippen molar-refractivity contribution in [1.29, 1.82) is 0 Å². The normalized spacial score (nSPS) is 10.2. The quantitative estimate of drug-likeness (QED) is 0.291. The number of aromatic hydroxyl groups is 3. The van der Waals surface area contributed by atoms with Gasteiger partial charge in [0.15, 0.2) is 11.5 Å². The van der Waals surface area contributed by atoms with Crippen molar-refractivity contribution in [3.63, 3.8) is 0 Å². The van der Waals surface area contributed by atoms with E-state index in [1.807, 2.05) is 0 Å². The summed E-state index contributed by atoms with van der Waals surface area (Å²) in [6.45, 7) is 1.35. The first-order valence-electron chi connectivity index (χ1n) is 3.15. The fraction of sp³-hybridized carbons (Fsp3) is 0.143. The lowest BCUT2D eigenvalue weighted by Crippen LogP contribution is -2.09. The first-order chi connectivity index (χ1) is 5.46. The SMILES string of the molecule is [B]c1c(C)c(O)c(O)c(F)c1O. The Morgan fingerprint density at radius 2 is 1.58 bits per heavy atom. The van der Waals surface area contributed by atoms with Crippen molar-refractivity contribution >= 4 is 13.3 Å². The summed E-state index contributed by atoms with van der Waals surface area (Å²) in [5.41, 5.74) is -0.228. The summed E-state index contributed by atoms with van der Waals surface area (Å²) >= 11 is 0. The molecule has 5 heteroatoms. The number of benzene rings is 1. The molecule has 1 aromatic carbocycles. The highest BCUT2D eigenvalue weighted by Crippen LogP contribution is 2.34. The van der Waals surface area contributed by atoms with Crippen molar-refractivity contribution in [2.75, 3.05) is 0 Å². The Kier molecular flexibility index (Phi) is 1.88. The lowest BCUT2D eigenvalue weighted by Gasteiger charge is -2.09. The van der Waals surface area contributed by atoms with E-state index in [0.29, 0.717) is 0 Å². The average molecular weight is 168 g/mol. The van der Waals surface area contributed by atoms with Crippen LogP contribution in [0.5, 0.6) is 17.2 Å². The van der Waals surface area contributed by atoms with Crippen molar-refractivity contribution in [1.82, 2.24) is 0 Å². The molecule has 0 bridgehead atoms. The highest BCUT2D eigenvalue weighted by molar-refractivity contribution is 6.35. The molecule has 0 saturated heterocycles. The van der Waals surface area contributed by atoms with Gasteiger partial charge in [0.25, 0.3) is 0 Å². The smallest absolute Gasteiger partial charge is 0.209 e. The largest absolute Gasteiger partial charge is 0.505 e. The molecule has 0 spiro atoms. The molecule has 0 saturated carbocycles. The van der Waals surface area contributed by atoms with Gasteiger partial charge in [-0.25, -0.2) is 0 Å². The van der Waals surface area contributed by atoms with Gasteiger partial charge in [-0.3, -0.25) is 0 Å². The van der Waals surface area contributed by atoms with E-state index >= 15 is 0 Å². The maximum atomic E-state index is 12.7. The first kappa shape index (κ1) is 8.71. The van der Waals surface area contributed by atoms with Gasteiger partial charge >= 0.3 is 0 Å². The molecule has 0 fully saturated rings. The Morgan fingerprint density at radius 1 is 1.08 bits per heavy atom. The molecule has 0 aliphatic rings. The van der Waals surface area contributed by atoms with Gasteiger partial charge in [0.2, 0.25) is 5.82 Å². The predicted molar refractivity (Wildman–Crippen MR) is 41.5 cm³/mol. The number of phenols is 3. The third-order valence-corrected chi connectivity index (χ3v) is 1.65. The molecule has 0 amide bonds. The molecule has 0 unspecified atom stereocenters. The monoisotopic (exact) mass is 168 g/mol. The van der Waals surface area contributed by atoms with Crippen LogP contribution >= 0.6 is 0 Å². The van der Waals surface area contributed by atoms with E-state index in [1.54, 1.807) is 0 Å². The molecular weight excluding hydrogens is 162 g/mol. The zero-order valence-electron chi connectivity index (χ0n) is 6.30. The van der Waals surface area contributed by atoms with Gasteiger partial charge in [0, 0.05) is 0 Å². The topological polar surface area (TPSA) is 60.7 Å². The Hall–Kier alpha value is -1.39. The summed E-state index contributed by atoms with van der Waals surface area (Å²) in [7, 11) is 5.19. The Balaban J connectivity index is 3.60. The minimum Gasteiger partial charge on any atom is -0.505 e. The highest BCUT2D eigenvalue weighted by atomic mass is 19.1. The van der Waals surface area contributed by atoms with Gasteiger partial charge in [0.05, 0.1) is 0 Å². The third kappa shape index (κ3) is 0.977. The minimum absolute atomic E-state index is 0.0476. The van der Waals surface area contributed by atoms with Gasteiger partial charge in [-0.1, -0.05) is 0 Å². The summed E-state index contributed by atoms with van der Waals surface area (Å²) in [6.07, 6.45) is 0. The van der Waals surface area contributed by atoms with Crippen LogP contribution in [0, 0.1) is 12.7 Å². The second kappa shape index (κ2) is 2.58. The summed E-state index contributed by atoms with van der Waals surface area (Å²) < 4.78 is 12.7. The number of halogens is 1. The lowest BCUT2D eigenvalue weighted by atomic mass is 9.89. The maximum Gasteiger partial charge on any atom is 0.209 e. The van der Waals surface area contributed by atoms with Gasteiger partial charge < -0.3 is 15.3 Å². The maximum absolute atomic E-state index is 12.7. The second-order valence-corrected chi connectivity index (χ2v) is 2.40. The standard InChI is InChI=1S/C7H6BFO3/c1-2-3(8)6(11)4(9)7(12)5(2)10/h10-12H,1H3. The van der Waals surface area contributed by atoms with E-state index in [4.69, 9.17) is 23.2 Å². The zero-order chi connectivity index (χ0) is 9.46. The predicted octanol–water partition coefficient (Wildman–Crippen LogP) is 0.0447. The molecule has 62 valence electrons. The summed E-state index contributed by atoms with van der Waals surface area (Å²) in [5.74, 6) is -3.79. The van der Waals surface area contributed by atoms with Crippen LogP contribution in [0.3, 0.4) is 0 Å². The molecule has 0 heterocycles. The van der Waals surface area contributed by atoms with Crippen molar-refractivity contribution in [3.8, 4) is 17.2 Å². The van der Waals surface area contributed by atoms with E-state index in [1.165, 1.54) is 6.92 Å². The molecule has 0 aromatic heterocycles. The highest BCUT2D eigenvalue weighted by Gasteiger charge is 2.17. The Morgan fingerprint density at radius 3 is 2.08 bits per heavy atom. The van der Waals surface area contributed by atoms with Gasteiger partial charge in [-0.15, -0.1) is 0 Å². The molecule has 0 atom stereocenters. The molecule has 1 aromatic rings. The van der Waals surface area contributed by atoms with Crippen LogP contribution in [-0.2, 0) is 0 Å². The van der Waals surface area contributed by atoms with Crippen LogP contribution in [0.4, 0.5) is 4.39 Å². The van der Waals surface area contributed by atoms with Crippen molar-refractivity contribution < 1.29 is 19.7 Å². The number of hydrogen-bond donors (Lipinski definition) is 3. The van der Waals surface area contributed by atoms with Crippen molar-refractivity contribution in [3.05, 3.63) is 11.4 Å². The number of phenolic OH excluding ortho intramolecular Hbond substituents is 3. The van der Waals surface area contributed by atoms with Gasteiger partial charge in [0.1, 0.15) is 13.6 Å². The van der Waals surface area contributed by atoms with Crippen molar-refractivity contribution in [2.45, 2.75) is 6.92 Å². The Bertz CT molecular complexity index is 233. The Labute approximate surface area is 69.5 Å². The van der Waals surface area contributed by atoms with Crippen LogP contribution in [0.25, 0.3) is 0 Å². The fourth-order valence-corrected chi connectivity index (χ4v) is 0.817. The van der Waals surface area contributed by atoms with E-state index in [-0.39, 0.29) is 11.0 Å². The average Bonchev–Trinajstić information content (AvgIpc) is 2.08. The van der Waals surface area contributed by atoms with Crippen LogP contribution in [0.2, 0.25) is 0 Å². The fourth-order valence-electron chi connectivity index (χ4n) is 0.817. The van der Waals surface area contributed by atoms with Crippen LogP contribution in [0.1, 0.15) is 5.56 Å². The van der Waals surface area contributed by atoms with Gasteiger partial charge in [-0.2, -0.15) is 4.39 Å². The molecule has 12 heavy (non-hydrogen) atoms. The number of hydrogen-bond acceptors (Lipinski definition) is 3. The first-order valence-corrected chi connectivity index (χ1v) is 3.15. The molecular formula is C7H6BFO3. The van der Waals surface area contributed by atoms with Crippen LogP contribution < -0.4 is 5.46 Å². The molecule has 3 nitrogen and oxygen atoms in total. The number of rotatable bonds is 0. The minimum atomic E-state index is -1.31. The molecule has 0 aliphatic heterocycles. The third-order valence-electron chi connectivity index (χ3n) is 1.65. The zero-order valence-corrected chi connectivity index (χ0v) is 6.30. The second-order valence-electron chi connectivity index (χ2n) is 2.40. The van der Waals surface area contributed by atoms with Crippen LogP contribution in [-0.4, -0.2) is 23.2 Å². The van der Waals surface area contributed by atoms with E-state index in [2.05, 4.69) is 0 Å². The van der Waals surface area contributed by atoms with Gasteiger partial charge in [-0.05, 0) is 17.9 Å². The summed E-state index contributed by atoms with van der Waals surface area (Å²) in [5, 5.41) is 26.8. The lowest BCUT2D eigenvalue weighted by molar-refractivity contribution is 0.358. The summed E-state index contributed by atoms with van der Waals surface area (Å²) in [6, 6.07) is 0. The molecule has 0 aliphatic carbocycles. The van der Waals surface area contributed by atoms with E-state index in [0.717, 1.165) is 0 Å².